The van der Waals surface area contributed by atoms with Crippen molar-refractivity contribution in [3.05, 3.63) is 88.9 Å². The highest BCUT2D eigenvalue weighted by Gasteiger charge is 2.28. The smallest absolute Gasteiger partial charge is 0.138 e. The first-order valence-corrected chi connectivity index (χ1v) is 12.5. The van der Waals surface area contributed by atoms with E-state index in [0.29, 0.717) is 13.2 Å². The first-order chi connectivity index (χ1) is 17.1. The molecule has 0 saturated carbocycles. The Bertz CT molecular complexity index is 1110. The summed E-state index contributed by atoms with van der Waals surface area (Å²) in [5.74, 6) is 1.68. The molecule has 0 aromatic heterocycles. The minimum atomic E-state index is 0.172. The van der Waals surface area contributed by atoms with Gasteiger partial charge in [0.05, 0.1) is 12.6 Å². The Morgan fingerprint density at radius 1 is 1.14 bits per heavy atom. The second-order valence-electron chi connectivity index (χ2n) is 8.82. The molecule has 0 amide bonds. The summed E-state index contributed by atoms with van der Waals surface area (Å²) < 4.78 is 6.13. The van der Waals surface area contributed by atoms with Gasteiger partial charge in [0.2, 0.25) is 0 Å². The van der Waals surface area contributed by atoms with E-state index in [1.54, 1.807) is 6.20 Å². The number of hydrogen-bond donors (Lipinski definition) is 1. The normalized spacial score (nSPS) is 17.4. The van der Waals surface area contributed by atoms with E-state index in [2.05, 4.69) is 85.0 Å². The summed E-state index contributed by atoms with van der Waals surface area (Å²) in [6.07, 6.45) is 6.55. The molecule has 1 N–H and O–H groups in total. The van der Waals surface area contributed by atoms with E-state index in [9.17, 15) is 0 Å². The van der Waals surface area contributed by atoms with E-state index in [-0.39, 0.29) is 6.04 Å². The maximum absolute atomic E-state index is 6.13. The third-order valence-electron chi connectivity index (χ3n) is 6.41. The van der Waals surface area contributed by atoms with Crippen LogP contribution in [-0.4, -0.2) is 48.6 Å². The second-order valence-corrected chi connectivity index (χ2v) is 8.82. The van der Waals surface area contributed by atoms with Crippen molar-refractivity contribution in [2.45, 2.75) is 40.2 Å². The maximum Gasteiger partial charge on any atom is 0.138 e. The third kappa shape index (κ3) is 6.23. The zero-order chi connectivity index (χ0) is 24.6. The van der Waals surface area contributed by atoms with Crippen LogP contribution < -0.4 is 10.1 Å². The molecule has 1 saturated heterocycles. The molecule has 1 fully saturated rings. The van der Waals surface area contributed by atoms with Crippen LogP contribution in [0.3, 0.4) is 0 Å². The van der Waals surface area contributed by atoms with E-state index >= 15 is 0 Å². The summed E-state index contributed by atoms with van der Waals surface area (Å²) in [5.41, 5.74) is 8.65. The summed E-state index contributed by atoms with van der Waals surface area (Å²) in [5, 5.41) is 5.36. The molecule has 184 valence electrons. The van der Waals surface area contributed by atoms with Crippen molar-refractivity contribution < 1.29 is 9.57 Å². The molecule has 2 aliphatic heterocycles. The Morgan fingerprint density at radius 2 is 1.89 bits per heavy atom. The first-order valence-electron chi connectivity index (χ1n) is 12.5. The van der Waals surface area contributed by atoms with E-state index in [4.69, 9.17) is 9.57 Å². The maximum atomic E-state index is 6.13. The fourth-order valence-electron chi connectivity index (χ4n) is 4.52. The van der Waals surface area contributed by atoms with Crippen LogP contribution in [0, 0.1) is 13.8 Å². The van der Waals surface area contributed by atoms with Gasteiger partial charge in [0.15, 0.2) is 0 Å². The lowest BCUT2D eigenvalue weighted by atomic mass is 10.0. The van der Waals surface area contributed by atoms with Crippen molar-refractivity contribution in [1.82, 2.24) is 9.96 Å². The summed E-state index contributed by atoms with van der Waals surface area (Å²) in [6.45, 7) is 12.9. The van der Waals surface area contributed by atoms with Crippen molar-refractivity contribution >= 4 is 11.5 Å². The van der Waals surface area contributed by atoms with Crippen LogP contribution in [-0.2, 0) is 4.84 Å². The number of nitrogens with one attached hydrogen (secondary N) is 1. The van der Waals surface area contributed by atoms with E-state index in [0.717, 1.165) is 60.2 Å². The monoisotopic (exact) mass is 472 g/mol. The highest BCUT2D eigenvalue weighted by atomic mass is 16.7. The molecule has 6 heteroatoms. The van der Waals surface area contributed by atoms with Gasteiger partial charge in [-0.3, -0.25) is 4.84 Å². The van der Waals surface area contributed by atoms with Crippen LogP contribution in [0.5, 0.6) is 5.75 Å². The van der Waals surface area contributed by atoms with Crippen molar-refractivity contribution in [3.8, 4) is 5.75 Å². The molecule has 35 heavy (non-hydrogen) atoms. The van der Waals surface area contributed by atoms with Gasteiger partial charge in [0.25, 0.3) is 0 Å². The molecule has 0 aliphatic carbocycles. The average molecular weight is 473 g/mol. The SMILES string of the molecule is CCN(CC)CCOc1c(C)cc(NC2=NC=CC(N3OCC[C@H]3c3ccccc3)=C=C2)cc1C. The lowest BCUT2D eigenvalue weighted by Crippen LogP contribution is -2.28. The first kappa shape index (κ1) is 24.8. The molecule has 2 aromatic carbocycles. The summed E-state index contributed by atoms with van der Waals surface area (Å²) >= 11 is 0. The number of hydroxylamine groups is 2. The van der Waals surface area contributed by atoms with Gasteiger partial charge < -0.3 is 15.0 Å². The number of rotatable bonds is 9. The lowest BCUT2D eigenvalue weighted by Gasteiger charge is -2.24. The zero-order valence-electron chi connectivity index (χ0n) is 21.3. The van der Waals surface area contributed by atoms with Crippen LogP contribution in [0.2, 0.25) is 0 Å². The fraction of sp³-hybridized carbons (Fsp3) is 0.379. The Morgan fingerprint density at radius 3 is 2.60 bits per heavy atom. The quantitative estimate of drug-likeness (QED) is 0.469. The van der Waals surface area contributed by atoms with Gasteiger partial charge in [-0.25, -0.2) is 10.1 Å². The minimum absolute atomic E-state index is 0.172. The van der Waals surface area contributed by atoms with Crippen molar-refractivity contribution in [2.24, 2.45) is 4.99 Å². The van der Waals surface area contributed by atoms with Gasteiger partial charge in [-0.2, -0.15) is 0 Å². The molecule has 4 rings (SSSR count). The number of amidine groups is 1. The summed E-state index contributed by atoms with van der Waals surface area (Å²) in [6, 6.07) is 14.8. The van der Waals surface area contributed by atoms with Crippen LogP contribution >= 0.6 is 0 Å². The summed E-state index contributed by atoms with van der Waals surface area (Å²) in [7, 11) is 0. The Hall–Kier alpha value is -3.31. The van der Waals surface area contributed by atoms with E-state index in [1.165, 1.54) is 5.56 Å². The molecule has 2 heterocycles. The van der Waals surface area contributed by atoms with Crippen LogP contribution in [0.25, 0.3) is 0 Å². The van der Waals surface area contributed by atoms with Crippen molar-refractivity contribution in [3.63, 3.8) is 0 Å². The molecule has 2 aromatic rings. The number of nitrogens with zero attached hydrogens (tertiary/aromatic N) is 3. The number of ether oxygens (including phenoxy) is 1. The summed E-state index contributed by atoms with van der Waals surface area (Å²) in [4.78, 5) is 12.9. The molecule has 0 radical (unpaired) electrons. The number of likely N-dealkylation sites (N-methyl/N-ethyl adjacent to an activating group) is 1. The molecule has 0 spiro atoms. The highest BCUT2D eigenvalue weighted by Crippen LogP contribution is 2.33. The number of benzene rings is 2. The van der Waals surface area contributed by atoms with Gasteiger partial charge in [-0.05, 0) is 61.8 Å². The molecule has 0 bridgehead atoms. The highest BCUT2D eigenvalue weighted by molar-refractivity contribution is 6.04. The van der Waals surface area contributed by atoms with Crippen molar-refractivity contribution in [1.29, 1.82) is 0 Å². The number of hydrogen-bond acceptors (Lipinski definition) is 6. The van der Waals surface area contributed by atoms with Gasteiger partial charge in [0.1, 0.15) is 23.9 Å². The van der Waals surface area contributed by atoms with Gasteiger partial charge in [-0.15, -0.1) is 0 Å². The molecule has 0 unspecified atom stereocenters. The predicted molar refractivity (Wildman–Crippen MR) is 143 cm³/mol. The van der Waals surface area contributed by atoms with Crippen molar-refractivity contribution in [2.75, 3.05) is 38.2 Å². The van der Waals surface area contributed by atoms with E-state index in [1.807, 2.05) is 23.3 Å². The van der Waals surface area contributed by atoms with Gasteiger partial charge >= 0.3 is 0 Å². The Balaban J connectivity index is 1.44. The predicted octanol–water partition coefficient (Wildman–Crippen LogP) is 5.78. The largest absolute Gasteiger partial charge is 0.492 e. The molecular weight excluding hydrogens is 436 g/mol. The number of aliphatic imine (C=N–C) groups is 1. The topological polar surface area (TPSA) is 49.3 Å². The average Bonchev–Trinajstić information content (AvgIpc) is 3.24. The minimum Gasteiger partial charge on any atom is -0.492 e. The lowest BCUT2D eigenvalue weighted by molar-refractivity contribution is -0.0978. The molecule has 6 nitrogen and oxygen atoms in total. The van der Waals surface area contributed by atoms with Crippen LogP contribution in [0.15, 0.2) is 77.2 Å². The number of anilines is 1. The fourth-order valence-corrected chi connectivity index (χ4v) is 4.52. The molecule has 2 aliphatic rings. The van der Waals surface area contributed by atoms with Gasteiger partial charge in [0, 0.05) is 30.9 Å². The Labute approximate surface area is 209 Å². The van der Waals surface area contributed by atoms with Crippen LogP contribution in [0.1, 0.15) is 43.0 Å². The van der Waals surface area contributed by atoms with Crippen LogP contribution in [0.4, 0.5) is 5.69 Å². The molecule has 1 atom stereocenters. The van der Waals surface area contributed by atoms with Gasteiger partial charge in [-0.1, -0.05) is 49.9 Å². The second kappa shape index (κ2) is 11.9. The third-order valence-corrected chi connectivity index (χ3v) is 6.41. The van der Waals surface area contributed by atoms with E-state index < -0.39 is 0 Å². The standard InChI is InChI=1S/C29H36N4O2/c1-5-32(6-2)17-19-34-29-22(3)20-25(21-23(29)4)31-28-13-12-26(14-16-30-28)33-27(15-18-35-33)24-10-8-7-9-11-24/h7-11,13-14,16,20-21,27H,5-6,15,17-19H2,1-4H3,(H,30,31)/t27-/m0/s1. The number of aryl methyl sites for hydroxylation is 2. The Kier molecular flexibility index (Phi) is 8.43. The molecular formula is C29H36N4O2. The zero-order valence-corrected chi connectivity index (χ0v) is 21.3.